The smallest absolute Gasteiger partial charge is 0.319 e. The maximum atomic E-state index is 17.3. The summed E-state index contributed by atoms with van der Waals surface area (Å²) in [6, 6.07) is 15.4. The fourth-order valence-corrected chi connectivity index (χ4v) is 15.0. The minimum atomic E-state index is -0.942. The van der Waals surface area contributed by atoms with Gasteiger partial charge in [-0.1, -0.05) is 25.1 Å². The van der Waals surface area contributed by atoms with Gasteiger partial charge in [0.25, 0.3) is 5.91 Å². The molecule has 10 heterocycles. The van der Waals surface area contributed by atoms with E-state index in [1.54, 1.807) is 23.2 Å². The number of pyridine rings is 1. The van der Waals surface area contributed by atoms with Crippen molar-refractivity contribution in [2.45, 2.75) is 127 Å². The lowest BCUT2D eigenvalue weighted by Crippen LogP contribution is -2.52. The van der Waals surface area contributed by atoms with Gasteiger partial charge in [0.2, 0.25) is 11.8 Å². The van der Waals surface area contributed by atoms with Crippen LogP contribution in [0.3, 0.4) is 0 Å². The first-order valence-corrected chi connectivity index (χ1v) is 28.3. The summed E-state index contributed by atoms with van der Waals surface area (Å²) in [6.07, 6.45) is 12.5. The third-order valence-corrected chi connectivity index (χ3v) is 18.9. The molecule has 0 saturated carbocycles. The second-order valence-electron chi connectivity index (χ2n) is 23.7. The van der Waals surface area contributed by atoms with Crippen LogP contribution >= 0.6 is 0 Å². The number of aromatic hydroxyl groups is 1. The monoisotopic (exact) mass is 1040 g/mol. The van der Waals surface area contributed by atoms with Crippen LogP contribution in [0.1, 0.15) is 105 Å². The molecule has 0 spiro atoms. The molecule has 6 atom stereocenters. The first-order valence-electron chi connectivity index (χ1n) is 28.3. The summed E-state index contributed by atoms with van der Waals surface area (Å²) in [5.41, 5.74) is 4.03. The number of carbonyl (C=O) groups excluding carboxylic acids is 3. The summed E-state index contributed by atoms with van der Waals surface area (Å²) in [6.45, 7) is 10.6. The van der Waals surface area contributed by atoms with Crippen molar-refractivity contribution in [3.05, 3.63) is 77.2 Å². The number of phenolic OH excluding ortho intramolecular Hbond substituents is 1. The minimum absolute atomic E-state index is 0.0340. The average Bonchev–Trinajstić information content (AvgIpc) is 4.16. The summed E-state index contributed by atoms with van der Waals surface area (Å²) in [5.74, 6) is 1.10. The Hall–Kier alpha value is -6.04. The van der Waals surface area contributed by atoms with Gasteiger partial charge >= 0.3 is 6.01 Å². The van der Waals surface area contributed by atoms with Crippen molar-refractivity contribution >= 4 is 50.9 Å². The lowest BCUT2D eigenvalue weighted by molar-refractivity contribution is -0.136. The normalized spacial score (nSPS) is 27.5. The summed E-state index contributed by atoms with van der Waals surface area (Å²) in [4.78, 5) is 63.3. The van der Waals surface area contributed by atoms with E-state index in [2.05, 4.69) is 43.2 Å². The van der Waals surface area contributed by atoms with Crippen LogP contribution in [0, 0.1) is 23.6 Å². The van der Waals surface area contributed by atoms with Crippen LogP contribution < -0.4 is 25.2 Å². The molecule has 7 saturated heterocycles. The molecule has 0 radical (unpaired) electrons. The van der Waals surface area contributed by atoms with Crippen LogP contribution in [0.5, 0.6) is 11.8 Å². The van der Waals surface area contributed by atoms with Gasteiger partial charge in [0.05, 0.1) is 10.9 Å². The number of likely N-dealkylation sites (tertiary alicyclic amines) is 1. The molecule has 13 rings (SSSR count). The summed E-state index contributed by atoms with van der Waals surface area (Å²) >= 11 is 0. The van der Waals surface area contributed by atoms with Crippen LogP contribution in [-0.2, 0) is 22.6 Å². The van der Waals surface area contributed by atoms with Crippen LogP contribution in [0.25, 0.3) is 32.9 Å². The van der Waals surface area contributed by atoms with Gasteiger partial charge in [-0.2, -0.15) is 9.97 Å². The highest BCUT2D eigenvalue weighted by Crippen LogP contribution is 2.45. The van der Waals surface area contributed by atoms with E-state index in [0.29, 0.717) is 72.2 Å². The lowest BCUT2D eigenvalue weighted by atomic mass is 9.82. The van der Waals surface area contributed by atoms with Crippen molar-refractivity contribution in [3.8, 4) is 23.0 Å². The topological polar surface area (TPSA) is 160 Å². The number of piperidine rings is 3. The average molecular weight is 1040 g/mol. The Bertz CT molecular complexity index is 3080. The summed E-state index contributed by atoms with van der Waals surface area (Å²) in [7, 11) is 0. The number of nitrogens with one attached hydrogen (secondary N) is 2. The molecule has 2 bridgehead atoms. The molecule has 2 aromatic heterocycles. The number of carbonyl (C=O) groups is 3. The number of benzene rings is 3. The Balaban J connectivity index is 0.630. The zero-order valence-electron chi connectivity index (χ0n) is 43.6. The standard InChI is InChI=1S/C59H70F2N10O5/c1-2-38-4-3-5-39-24-45(72)25-47(51(38)39)53-52(61)54-48(28-62-53)55(69-32-42-6-7-43(33-69)63-42)66-58(65-54)76-34-59-26-37(29-70(59)31-41(60)27-59)14-19-67-17-12-35(13-18-67)22-36-15-20-68(21-16-36)44-8-9-46-40(23-44)30-71(57(46)75)49-10-11-50(73)64-56(49)74/h3-5,8-9,23-25,28,35-37,41-43,49,63,72H,2,6-7,10-22,26-27,29-34H2,1H3,(H,64,73,74)/t37-,41+,42-,43+,49?,59-/m0/s1. The molecule has 8 aliphatic rings. The maximum absolute atomic E-state index is 17.3. The number of phenols is 1. The first-order chi connectivity index (χ1) is 36.9. The Labute approximate surface area is 442 Å². The number of ether oxygens (including phenoxy) is 1. The van der Waals surface area contributed by atoms with E-state index < -0.39 is 23.6 Å². The third-order valence-electron chi connectivity index (χ3n) is 18.9. The van der Waals surface area contributed by atoms with Crippen molar-refractivity contribution in [2.75, 3.05) is 75.3 Å². The third kappa shape index (κ3) is 9.31. The number of piperazine rings is 1. The predicted molar refractivity (Wildman–Crippen MR) is 287 cm³/mol. The number of rotatable bonds is 13. The minimum Gasteiger partial charge on any atom is -0.508 e. The van der Waals surface area contributed by atoms with Crippen LogP contribution in [0.4, 0.5) is 20.3 Å². The molecule has 3 amide bonds. The Morgan fingerprint density at radius 2 is 1.63 bits per heavy atom. The number of halogens is 2. The number of amides is 3. The van der Waals surface area contributed by atoms with Crippen molar-refractivity contribution < 1.29 is 33.0 Å². The molecule has 1 unspecified atom stereocenters. The highest BCUT2D eigenvalue weighted by molar-refractivity contribution is 6.06. The van der Waals surface area contributed by atoms with Crippen LogP contribution in [-0.4, -0.2) is 148 Å². The summed E-state index contributed by atoms with van der Waals surface area (Å²) in [5, 5.41) is 19.1. The highest BCUT2D eigenvalue weighted by atomic mass is 19.1. The van der Waals surface area contributed by atoms with Crippen molar-refractivity contribution in [3.63, 3.8) is 0 Å². The zero-order valence-corrected chi connectivity index (χ0v) is 43.6. The van der Waals surface area contributed by atoms with E-state index in [4.69, 9.17) is 19.7 Å². The Morgan fingerprint density at radius 1 is 0.842 bits per heavy atom. The van der Waals surface area contributed by atoms with Gasteiger partial charge in [-0.25, -0.2) is 8.78 Å². The van der Waals surface area contributed by atoms with Crippen molar-refractivity contribution in [2.24, 2.45) is 17.8 Å². The molecule has 400 valence electrons. The van der Waals surface area contributed by atoms with Gasteiger partial charge in [0.15, 0.2) is 5.82 Å². The number of anilines is 2. The van der Waals surface area contributed by atoms with Gasteiger partial charge in [-0.05, 0) is 160 Å². The SMILES string of the molecule is CCc1cccc2cc(O)cc(-c3ncc4c(N5C[C@H]6CC[C@@H](C5)N6)nc(OC[C@]56C[C@@H](F)CN5C[C@@H](CCN5CCC(CC7CCN(c8ccc9c(c8)CN(C8CCC(=O)NC8=O)C9=O)CC7)CC5)C6)nc4c3F)c12. The lowest BCUT2D eigenvalue weighted by Gasteiger charge is -2.38. The number of nitrogens with zero attached hydrogens (tertiary/aromatic N) is 8. The van der Waals surface area contributed by atoms with Crippen LogP contribution in [0.2, 0.25) is 0 Å². The molecule has 76 heavy (non-hydrogen) atoms. The molecule has 0 aliphatic carbocycles. The van der Waals surface area contributed by atoms with Gasteiger partial charge in [-0.15, -0.1) is 0 Å². The van der Waals surface area contributed by atoms with Gasteiger partial charge in [0.1, 0.15) is 41.6 Å². The van der Waals surface area contributed by atoms with E-state index in [-0.39, 0.29) is 53.7 Å². The molecule has 3 aromatic carbocycles. The van der Waals surface area contributed by atoms with Crippen molar-refractivity contribution in [1.29, 1.82) is 0 Å². The largest absolute Gasteiger partial charge is 0.508 e. The quantitative estimate of drug-likeness (QED) is 0.0995. The van der Waals surface area contributed by atoms with E-state index in [9.17, 15) is 19.5 Å². The molecular formula is C59H70F2N10O5. The number of imide groups is 1. The highest BCUT2D eigenvalue weighted by Gasteiger charge is 2.53. The fourth-order valence-electron chi connectivity index (χ4n) is 15.0. The number of fused-ring (bicyclic) bond motifs is 6. The maximum Gasteiger partial charge on any atom is 0.319 e. The molecule has 3 N–H and O–H groups in total. The van der Waals surface area contributed by atoms with E-state index in [1.807, 2.05) is 30.3 Å². The zero-order chi connectivity index (χ0) is 51.8. The number of aryl methyl sites for hydroxylation is 1. The van der Waals surface area contributed by atoms with E-state index in [1.165, 1.54) is 19.3 Å². The number of hydrogen-bond donors (Lipinski definition) is 3. The van der Waals surface area contributed by atoms with Crippen molar-refractivity contribution in [1.82, 2.24) is 40.3 Å². The Kier molecular flexibility index (Phi) is 13.1. The number of aromatic nitrogens is 3. The predicted octanol–water partition coefficient (Wildman–Crippen LogP) is 7.54. The molecule has 15 nitrogen and oxygen atoms in total. The molecule has 17 heteroatoms. The van der Waals surface area contributed by atoms with Gasteiger partial charge < -0.3 is 34.8 Å². The number of hydrogen-bond acceptors (Lipinski definition) is 13. The molecule has 8 aliphatic heterocycles. The van der Waals surface area contributed by atoms with Gasteiger partial charge in [-0.3, -0.25) is 29.6 Å². The fraction of sp³-hybridized carbons (Fsp3) is 0.559. The number of alkyl halides is 1. The second kappa shape index (κ2) is 20.1. The first kappa shape index (κ1) is 49.5. The molecule has 7 fully saturated rings. The van der Waals surface area contributed by atoms with E-state index in [0.717, 1.165) is 131 Å². The molecular weight excluding hydrogens is 967 g/mol. The molecule has 5 aromatic rings. The second-order valence-corrected chi connectivity index (χ2v) is 23.7. The van der Waals surface area contributed by atoms with E-state index >= 15 is 8.78 Å². The Morgan fingerprint density at radius 3 is 2.41 bits per heavy atom. The van der Waals surface area contributed by atoms with Crippen LogP contribution in [0.15, 0.2) is 54.7 Å². The van der Waals surface area contributed by atoms with Gasteiger partial charge in [0, 0.05) is 93.7 Å². The summed E-state index contributed by atoms with van der Waals surface area (Å²) < 4.78 is 39.4.